The first-order valence-corrected chi connectivity index (χ1v) is 14.7. The van der Waals surface area contributed by atoms with E-state index in [1.807, 2.05) is 0 Å². The summed E-state index contributed by atoms with van der Waals surface area (Å²) in [5, 5.41) is 13.0. The van der Waals surface area contributed by atoms with Crippen LogP contribution in [0.4, 0.5) is 11.6 Å². The number of nitrogens with one attached hydrogen (secondary N) is 1. The third-order valence-corrected chi connectivity index (χ3v) is 9.08. The molecule has 0 radical (unpaired) electrons. The van der Waals surface area contributed by atoms with Crippen LogP contribution in [-0.2, 0) is 14.8 Å². The van der Waals surface area contributed by atoms with Gasteiger partial charge in [0.2, 0.25) is 21.9 Å². The van der Waals surface area contributed by atoms with Gasteiger partial charge in [-0.2, -0.15) is 4.31 Å². The molecule has 0 aliphatic carbocycles. The highest BCUT2D eigenvalue weighted by Crippen LogP contribution is 2.25. The van der Waals surface area contributed by atoms with E-state index >= 15 is 0 Å². The van der Waals surface area contributed by atoms with Gasteiger partial charge >= 0.3 is 0 Å². The van der Waals surface area contributed by atoms with Gasteiger partial charge in [-0.3, -0.25) is 9.59 Å². The maximum absolute atomic E-state index is 13.0. The highest BCUT2D eigenvalue weighted by atomic mass is 32.2. The molecule has 2 N–H and O–H groups in total. The van der Waals surface area contributed by atoms with Crippen LogP contribution in [0.3, 0.4) is 0 Å². The molecule has 11 nitrogen and oxygen atoms in total. The molecule has 5 rings (SSSR count). The molecule has 3 aromatic rings. The van der Waals surface area contributed by atoms with Gasteiger partial charge in [-0.15, -0.1) is 0 Å². The Morgan fingerprint density at radius 3 is 2.25 bits per heavy atom. The van der Waals surface area contributed by atoms with Crippen LogP contribution in [0.2, 0.25) is 0 Å². The lowest BCUT2D eigenvalue weighted by molar-refractivity contribution is -0.130. The van der Waals surface area contributed by atoms with Gasteiger partial charge in [0, 0.05) is 69.2 Å². The highest BCUT2D eigenvalue weighted by Gasteiger charge is 2.29. The Morgan fingerprint density at radius 2 is 1.60 bits per heavy atom. The topological polar surface area (TPSA) is 136 Å². The fourth-order valence-corrected chi connectivity index (χ4v) is 6.41. The number of aromatic nitrogens is 2. The van der Waals surface area contributed by atoms with Crippen molar-refractivity contribution in [1.82, 2.24) is 24.1 Å². The first kappa shape index (κ1) is 27.7. The lowest BCUT2D eigenvalue weighted by Gasteiger charge is -2.34. The fourth-order valence-electron chi connectivity index (χ4n) is 4.90. The number of aliphatic hydroxyl groups excluding tert-OH is 1. The lowest BCUT2D eigenvalue weighted by atomic mass is 10.1. The summed E-state index contributed by atoms with van der Waals surface area (Å²) in [6.07, 6.45) is 2.22. The van der Waals surface area contributed by atoms with Crippen LogP contribution in [0.25, 0.3) is 11.3 Å². The zero-order valence-corrected chi connectivity index (χ0v) is 23.0. The second-order valence-corrected chi connectivity index (χ2v) is 11.9. The van der Waals surface area contributed by atoms with Crippen molar-refractivity contribution in [2.24, 2.45) is 0 Å². The first-order valence-electron chi connectivity index (χ1n) is 13.2. The van der Waals surface area contributed by atoms with Gasteiger partial charge in [-0.1, -0.05) is 12.1 Å². The quantitative estimate of drug-likeness (QED) is 0.466. The number of carbonyl (C=O) groups is 2. The van der Waals surface area contributed by atoms with E-state index in [9.17, 15) is 23.1 Å². The molecule has 2 amide bonds. The second-order valence-electron chi connectivity index (χ2n) is 9.95. The Labute approximate surface area is 233 Å². The van der Waals surface area contributed by atoms with Crippen LogP contribution in [-0.4, -0.2) is 94.8 Å². The van der Waals surface area contributed by atoms with E-state index in [0.29, 0.717) is 68.5 Å². The highest BCUT2D eigenvalue weighted by molar-refractivity contribution is 7.89. The molecule has 2 saturated heterocycles. The SMILES string of the molecule is CC(=O)N1CCN(C(=O)c2ccc(Nc3nccc(-c4ccc(S(=O)(=O)N5CCCC(O)C5)cc4)n3)cc2)CC1. The van der Waals surface area contributed by atoms with E-state index in [0.717, 1.165) is 5.56 Å². The normalized spacial score (nSPS) is 18.4. The number of benzene rings is 2. The number of carbonyl (C=O) groups excluding carboxylic acids is 2. The van der Waals surface area contributed by atoms with Crippen molar-refractivity contribution >= 4 is 33.5 Å². The Morgan fingerprint density at radius 1 is 0.925 bits per heavy atom. The minimum absolute atomic E-state index is 0.0214. The monoisotopic (exact) mass is 564 g/mol. The average molecular weight is 565 g/mol. The average Bonchev–Trinajstić information content (AvgIpc) is 2.97. The number of rotatable bonds is 6. The summed E-state index contributed by atoms with van der Waals surface area (Å²) in [4.78, 5) is 36.9. The van der Waals surface area contributed by atoms with E-state index in [4.69, 9.17) is 0 Å². The maximum atomic E-state index is 13.0. The van der Waals surface area contributed by atoms with Crippen molar-refractivity contribution in [3.63, 3.8) is 0 Å². The molecule has 1 atom stereocenters. The Balaban J connectivity index is 1.23. The van der Waals surface area contributed by atoms with E-state index in [1.165, 1.54) is 11.2 Å². The van der Waals surface area contributed by atoms with Crippen molar-refractivity contribution in [2.75, 3.05) is 44.6 Å². The van der Waals surface area contributed by atoms with Crippen molar-refractivity contribution in [1.29, 1.82) is 0 Å². The minimum Gasteiger partial charge on any atom is -0.392 e. The predicted octanol–water partition coefficient (Wildman–Crippen LogP) is 2.34. The van der Waals surface area contributed by atoms with Gasteiger partial charge in [-0.25, -0.2) is 18.4 Å². The minimum atomic E-state index is -3.68. The molecule has 2 aliphatic rings. The number of β-amino-alcohol motifs (C(OH)–C–C–N with tert-alkyl or cyclic N) is 1. The molecule has 0 spiro atoms. The molecule has 1 unspecified atom stereocenters. The van der Waals surface area contributed by atoms with Crippen LogP contribution < -0.4 is 5.32 Å². The van der Waals surface area contributed by atoms with Crippen LogP contribution in [0.15, 0.2) is 65.7 Å². The third-order valence-electron chi connectivity index (χ3n) is 7.20. The summed E-state index contributed by atoms with van der Waals surface area (Å²) in [6.45, 7) is 4.13. The second kappa shape index (κ2) is 11.7. The van der Waals surface area contributed by atoms with Crippen molar-refractivity contribution in [3.05, 3.63) is 66.4 Å². The molecule has 0 bridgehead atoms. The summed E-state index contributed by atoms with van der Waals surface area (Å²) in [7, 11) is -3.68. The number of piperidine rings is 1. The van der Waals surface area contributed by atoms with E-state index in [-0.39, 0.29) is 23.3 Å². The zero-order valence-electron chi connectivity index (χ0n) is 22.2. The van der Waals surface area contributed by atoms with E-state index < -0.39 is 16.1 Å². The van der Waals surface area contributed by atoms with Crippen LogP contribution in [0.5, 0.6) is 0 Å². The molecule has 40 heavy (non-hydrogen) atoms. The fraction of sp³-hybridized carbons (Fsp3) is 0.357. The number of piperazine rings is 1. The molecule has 0 saturated carbocycles. The Kier molecular flexibility index (Phi) is 8.10. The van der Waals surface area contributed by atoms with Gasteiger partial charge in [0.1, 0.15) is 0 Å². The molecular formula is C28H32N6O5S. The summed E-state index contributed by atoms with van der Waals surface area (Å²) >= 11 is 0. The Bertz CT molecular complexity index is 1470. The van der Waals surface area contributed by atoms with Gasteiger partial charge in [0.25, 0.3) is 5.91 Å². The summed E-state index contributed by atoms with van der Waals surface area (Å²) in [5.74, 6) is 0.305. The molecule has 2 aromatic carbocycles. The lowest BCUT2D eigenvalue weighted by Crippen LogP contribution is -2.50. The molecular weight excluding hydrogens is 532 g/mol. The predicted molar refractivity (Wildman–Crippen MR) is 149 cm³/mol. The van der Waals surface area contributed by atoms with Crippen molar-refractivity contribution in [2.45, 2.75) is 30.8 Å². The third kappa shape index (κ3) is 6.14. The van der Waals surface area contributed by atoms with Gasteiger partial charge in [-0.05, 0) is 55.3 Å². The number of hydrogen-bond acceptors (Lipinski definition) is 8. The number of aliphatic hydroxyl groups is 1. The number of hydrogen-bond donors (Lipinski definition) is 2. The van der Waals surface area contributed by atoms with E-state index in [1.54, 1.807) is 70.6 Å². The number of sulfonamides is 1. The van der Waals surface area contributed by atoms with E-state index in [2.05, 4.69) is 15.3 Å². The molecule has 12 heteroatoms. The summed E-state index contributed by atoms with van der Waals surface area (Å²) in [5.41, 5.74) is 2.62. The smallest absolute Gasteiger partial charge is 0.253 e. The van der Waals surface area contributed by atoms with Crippen molar-refractivity contribution in [3.8, 4) is 11.3 Å². The number of anilines is 2. The van der Waals surface area contributed by atoms with Gasteiger partial charge in [0.15, 0.2) is 0 Å². The summed E-state index contributed by atoms with van der Waals surface area (Å²) < 4.78 is 27.3. The van der Waals surface area contributed by atoms with Crippen LogP contribution in [0, 0.1) is 0 Å². The van der Waals surface area contributed by atoms with Gasteiger partial charge in [0.05, 0.1) is 16.7 Å². The molecule has 210 valence electrons. The largest absolute Gasteiger partial charge is 0.392 e. The first-order chi connectivity index (χ1) is 19.2. The molecule has 2 fully saturated rings. The number of amides is 2. The van der Waals surface area contributed by atoms with Crippen LogP contribution in [0.1, 0.15) is 30.1 Å². The summed E-state index contributed by atoms with van der Waals surface area (Å²) in [6, 6.07) is 15.3. The molecule has 1 aromatic heterocycles. The Hall–Kier alpha value is -3.87. The number of nitrogens with zero attached hydrogens (tertiary/aromatic N) is 5. The maximum Gasteiger partial charge on any atom is 0.253 e. The standard InChI is InChI=1S/C28H32N6O5S/c1-20(35)32-15-17-33(18-16-32)27(37)22-4-8-23(9-5-22)30-28-29-13-12-26(31-28)21-6-10-25(11-7-21)40(38,39)34-14-2-3-24(36)19-34/h4-13,24,36H,2-3,14-19H2,1H3,(H,29,30,31). The van der Waals surface area contributed by atoms with Crippen LogP contribution >= 0.6 is 0 Å². The molecule has 3 heterocycles. The zero-order chi connectivity index (χ0) is 28.3. The van der Waals surface area contributed by atoms with Crippen molar-refractivity contribution < 1.29 is 23.1 Å². The van der Waals surface area contributed by atoms with Gasteiger partial charge < -0.3 is 20.2 Å². The molecule has 2 aliphatic heterocycles.